The SMILES string of the molecule is C(=N[C@@H]1[C@H]2CCC[C@@H]1C1=C(CCCC1)C2)c1ccccc1. The van der Waals surface area contributed by atoms with E-state index in [1.807, 2.05) is 11.1 Å². The Hall–Kier alpha value is -1.37. The highest BCUT2D eigenvalue weighted by molar-refractivity contribution is 5.79. The molecule has 1 aromatic rings. The molecule has 0 heterocycles. The lowest BCUT2D eigenvalue weighted by Crippen LogP contribution is -2.38. The first-order chi connectivity index (χ1) is 10.4. The van der Waals surface area contributed by atoms with Crippen molar-refractivity contribution in [3.63, 3.8) is 0 Å². The monoisotopic (exact) mass is 279 g/mol. The molecule has 0 N–H and O–H groups in total. The molecule has 3 aliphatic carbocycles. The molecule has 1 nitrogen and oxygen atoms in total. The molecule has 0 saturated heterocycles. The highest BCUT2D eigenvalue weighted by atomic mass is 14.8. The zero-order valence-electron chi connectivity index (χ0n) is 12.8. The van der Waals surface area contributed by atoms with E-state index in [-0.39, 0.29) is 0 Å². The van der Waals surface area contributed by atoms with Crippen LogP contribution in [-0.2, 0) is 0 Å². The standard InChI is InChI=1S/C20H25N/c1-2-7-15(8-3-1)14-21-20-17-10-6-12-19(20)18-11-5-4-9-16(18)13-17/h1-3,7-8,14,17,19-20H,4-6,9-13H2/t17-,19+,20+/m0/s1. The minimum atomic E-state index is 0.566. The Bertz CT molecular complexity index is 554. The Kier molecular flexibility index (Phi) is 3.67. The molecular weight excluding hydrogens is 254 g/mol. The van der Waals surface area contributed by atoms with Gasteiger partial charge in [0.05, 0.1) is 6.04 Å². The molecule has 0 amide bonds. The molecule has 0 radical (unpaired) electrons. The van der Waals surface area contributed by atoms with Gasteiger partial charge in [0.25, 0.3) is 0 Å². The molecule has 4 rings (SSSR count). The van der Waals surface area contributed by atoms with Crippen molar-refractivity contribution >= 4 is 6.21 Å². The van der Waals surface area contributed by atoms with Crippen LogP contribution in [0.3, 0.4) is 0 Å². The molecule has 2 bridgehead atoms. The maximum atomic E-state index is 5.07. The molecule has 0 spiro atoms. The second kappa shape index (κ2) is 5.79. The van der Waals surface area contributed by atoms with Crippen molar-refractivity contribution in [3.05, 3.63) is 47.0 Å². The topological polar surface area (TPSA) is 12.4 Å². The van der Waals surface area contributed by atoms with Gasteiger partial charge in [-0.25, -0.2) is 0 Å². The third kappa shape index (κ3) is 2.59. The van der Waals surface area contributed by atoms with Crippen LogP contribution in [0.5, 0.6) is 0 Å². The second-order valence-electron chi connectivity index (χ2n) is 7.02. The molecule has 21 heavy (non-hydrogen) atoms. The van der Waals surface area contributed by atoms with Crippen LogP contribution in [0.1, 0.15) is 56.9 Å². The van der Waals surface area contributed by atoms with Gasteiger partial charge in [-0.1, -0.05) is 47.9 Å². The van der Waals surface area contributed by atoms with Crippen molar-refractivity contribution < 1.29 is 0 Å². The number of benzene rings is 1. The van der Waals surface area contributed by atoms with E-state index in [9.17, 15) is 0 Å². The van der Waals surface area contributed by atoms with Gasteiger partial charge in [-0.05, 0) is 56.4 Å². The van der Waals surface area contributed by atoms with E-state index in [0.29, 0.717) is 6.04 Å². The van der Waals surface area contributed by atoms with E-state index >= 15 is 0 Å². The normalized spacial score (nSPS) is 32.3. The van der Waals surface area contributed by atoms with Crippen molar-refractivity contribution in [1.29, 1.82) is 0 Å². The van der Waals surface area contributed by atoms with Crippen molar-refractivity contribution in [2.24, 2.45) is 16.8 Å². The summed E-state index contributed by atoms with van der Waals surface area (Å²) in [6, 6.07) is 11.2. The molecular formula is C20H25N. The number of hydrogen-bond acceptors (Lipinski definition) is 1. The lowest BCUT2D eigenvalue weighted by Gasteiger charge is -2.44. The summed E-state index contributed by atoms with van der Waals surface area (Å²) in [5, 5.41) is 0. The molecule has 1 aromatic carbocycles. The third-order valence-corrected chi connectivity index (χ3v) is 5.77. The maximum absolute atomic E-state index is 5.07. The van der Waals surface area contributed by atoms with Gasteiger partial charge in [0.15, 0.2) is 0 Å². The lowest BCUT2D eigenvalue weighted by atomic mass is 9.63. The highest BCUT2D eigenvalue weighted by Crippen LogP contribution is 2.49. The first-order valence-electron chi connectivity index (χ1n) is 8.71. The predicted octanol–water partition coefficient (Wildman–Crippen LogP) is 5.16. The third-order valence-electron chi connectivity index (χ3n) is 5.77. The van der Waals surface area contributed by atoms with Crippen molar-refractivity contribution in [2.75, 3.05) is 0 Å². The summed E-state index contributed by atoms with van der Waals surface area (Å²) in [5.41, 5.74) is 4.91. The van der Waals surface area contributed by atoms with Crippen LogP contribution in [0.25, 0.3) is 0 Å². The van der Waals surface area contributed by atoms with Gasteiger partial charge in [0.2, 0.25) is 0 Å². The molecule has 1 saturated carbocycles. The van der Waals surface area contributed by atoms with Crippen LogP contribution in [-0.4, -0.2) is 12.3 Å². The summed E-state index contributed by atoms with van der Waals surface area (Å²) in [6.07, 6.45) is 13.3. The number of fused-ring (bicyclic) bond motifs is 3. The minimum absolute atomic E-state index is 0.566. The molecule has 0 aromatic heterocycles. The zero-order chi connectivity index (χ0) is 14.1. The molecule has 1 heteroatoms. The first kappa shape index (κ1) is 13.3. The number of aliphatic imine (C=N–C) groups is 1. The molecule has 0 aliphatic heterocycles. The average Bonchev–Trinajstić information content (AvgIpc) is 2.54. The van der Waals surface area contributed by atoms with Crippen LogP contribution in [0.15, 0.2) is 46.5 Å². The molecule has 0 unspecified atom stereocenters. The number of allylic oxidation sites excluding steroid dienone is 1. The van der Waals surface area contributed by atoms with Crippen LogP contribution >= 0.6 is 0 Å². The van der Waals surface area contributed by atoms with Gasteiger partial charge in [-0.15, -0.1) is 0 Å². The van der Waals surface area contributed by atoms with Crippen molar-refractivity contribution in [1.82, 2.24) is 0 Å². The predicted molar refractivity (Wildman–Crippen MR) is 88.8 cm³/mol. The van der Waals surface area contributed by atoms with Crippen molar-refractivity contribution in [3.8, 4) is 0 Å². The zero-order valence-corrected chi connectivity index (χ0v) is 12.8. The van der Waals surface area contributed by atoms with Crippen LogP contribution in [0.2, 0.25) is 0 Å². The lowest BCUT2D eigenvalue weighted by molar-refractivity contribution is 0.215. The second-order valence-corrected chi connectivity index (χ2v) is 7.02. The van der Waals surface area contributed by atoms with E-state index in [2.05, 4.69) is 36.5 Å². The van der Waals surface area contributed by atoms with E-state index in [1.165, 1.54) is 56.9 Å². The number of nitrogens with zero attached hydrogens (tertiary/aromatic N) is 1. The summed E-state index contributed by atoms with van der Waals surface area (Å²) in [6.45, 7) is 0. The van der Waals surface area contributed by atoms with Crippen LogP contribution < -0.4 is 0 Å². The smallest absolute Gasteiger partial charge is 0.0596 e. The first-order valence-corrected chi connectivity index (χ1v) is 8.71. The van der Waals surface area contributed by atoms with Crippen LogP contribution in [0, 0.1) is 11.8 Å². The fraction of sp³-hybridized carbons (Fsp3) is 0.550. The summed E-state index contributed by atoms with van der Waals surface area (Å²) < 4.78 is 0. The summed E-state index contributed by atoms with van der Waals surface area (Å²) in [4.78, 5) is 5.07. The van der Waals surface area contributed by atoms with Crippen LogP contribution in [0.4, 0.5) is 0 Å². The number of rotatable bonds is 2. The summed E-state index contributed by atoms with van der Waals surface area (Å²) in [5.74, 6) is 1.59. The summed E-state index contributed by atoms with van der Waals surface area (Å²) >= 11 is 0. The van der Waals surface area contributed by atoms with Gasteiger partial charge in [-0.2, -0.15) is 0 Å². The Morgan fingerprint density at radius 1 is 0.952 bits per heavy atom. The van der Waals surface area contributed by atoms with Gasteiger partial charge in [0.1, 0.15) is 0 Å². The van der Waals surface area contributed by atoms with Crippen molar-refractivity contribution in [2.45, 2.75) is 57.4 Å². The quantitative estimate of drug-likeness (QED) is 0.523. The fourth-order valence-electron chi connectivity index (χ4n) is 4.80. The van der Waals surface area contributed by atoms with E-state index in [4.69, 9.17) is 4.99 Å². The van der Waals surface area contributed by atoms with Gasteiger partial charge >= 0.3 is 0 Å². The Morgan fingerprint density at radius 3 is 2.71 bits per heavy atom. The van der Waals surface area contributed by atoms with E-state index < -0.39 is 0 Å². The van der Waals surface area contributed by atoms with Gasteiger partial charge in [-0.3, -0.25) is 4.99 Å². The Labute approximate surface area is 128 Å². The van der Waals surface area contributed by atoms with E-state index in [0.717, 1.165) is 11.8 Å². The molecule has 3 atom stereocenters. The van der Waals surface area contributed by atoms with E-state index in [1.54, 1.807) is 0 Å². The highest BCUT2D eigenvalue weighted by Gasteiger charge is 2.40. The van der Waals surface area contributed by atoms with Gasteiger partial charge < -0.3 is 0 Å². The Balaban J connectivity index is 1.60. The Morgan fingerprint density at radius 2 is 1.81 bits per heavy atom. The largest absolute Gasteiger partial charge is 0.288 e. The summed E-state index contributed by atoms with van der Waals surface area (Å²) in [7, 11) is 0. The van der Waals surface area contributed by atoms with Gasteiger partial charge in [0, 0.05) is 12.1 Å². The maximum Gasteiger partial charge on any atom is 0.0596 e. The average molecular weight is 279 g/mol. The fourth-order valence-corrected chi connectivity index (χ4v) is 4.80. The molecule has 1 fully saturated rings. The minimum Gasteiger partial charge on any atom is -0.288 e. The molecule has 110 valence electrons. The number of hydrogen-bond donors (Lipinski definition) is 0. The molecule has 3 aliphatic rings.